The number of carbonyl (C=O) groups is 2. The van der Waals surface area contributed by atoms with Crippen LogP contribution in [0.5, 0.6) is 11.5 Å². The summed E-state index contributed by atoms with van der Waals surface area (Å²) in [4.78, 5) is 22.6. The molecule has 2 atom stereocenters. The van der Waals surface area contributed by atoms with E-state index in [1.807, 2.05) is 12.1 Å². The molecule has 1 aromatic rings. The number of benzene rings is 1. The van der Waals surface area contributed by atoms with Gasteiger partial charge in [-0.1, -0.05) is 13.0 Å². The van der Waals surface area contributed by atoms with E-state index in [0.717, 1.165) is 5.56 Å². The van der Waals surface area contributed by atoms with Gasteiger partial charge in [-0.05, 0) is 31.0 Å². The van der Waals surface area contributed by atoms with E-state index in [1.54, 1.807) is 27.2 Å². The first kappa shape index (κ1) is 16.8. The van der Waals surface area contributed by atoms with Crippen molar-refractivity contribution in [3.8, 4) is 11.5 Å². The Morgan fingerprint density at radius 1 is 1.19 bits per heavy atom. The number of methoxy groups -OCH3 is 2. The Morgan fingerprint density at radius 2 is 1.81 bits per heavy atom. The molecular formula is C15H21NO5. The van der Waals surface area contributed by atoms with E-state index in [0.29, 0.717) is 17.9 Å². The van der Waals surface area contributed by atoms with E-state index in [9.17, 15) is 9.59 Å². The number of carbonyl (C=O) groups excluding carboxylic acids is 1. The van der Waals surface area contributed by atoms with Gasteiger partial charge in [0.15, 0.2) is 11.5 Å². The molecule has 0 heterocycles. The molecule has 0 spiro atoms. The number of hydrogen-bond acceptors (Lipinski definition) is 4. The maximum atomic E-state index is 11.9. The van der Waals surface area contributed by atoms with Gasteiger partial charge in [-0.3, -0.25) is 9.59 Å². The van der Waals surface area contributed by atoms with Gasteiger partial charge in [0.25, 0.3) is 0 Å². The number of rotatable bonds is 7. The fourth-order valence-corrected chi connectivity index (χ4v) is 1.87. The number of aliphatic carboxylic acids is 1. The standard InChI is InChI=1S/C15H21NO5/c1-9(14(17)16-10(2)15(18)19)7-11-5-6-12(20-3)13(8-11)21-4/h5-6,8-10H,7H2,1-4H3,(H,16,17)(H,18,19)/t9?,10-/m1/s1. The van der Waals surface area contributed by atoms with Crippen LogP contribution in [0.4, 0.5) is 0 Å². The van der Waals surface area contributed by atoms with E-state index >= 15 is 0 Å². The van der Waals surface area contributed by atoms with E-state index in [4.69, 9.17) is 14.6 Å². The highest BCUT2D eigenvalue weighted by Crippen LogP contribution is 2.28. The van der Waals surface area contributed by atoms with Gasteiger partial charge in [-0.2, -0.15) is 0 Å². The highest BCUT2D eigenvalue weighted by molar-refractivity contribution is 5.84. The predicted molar refractivity (Wildman–Crippen MR) is 77.7 cm³/mol. The number of carboxylic acid groups (broad SMARTS) is 1. The zero-order valence-corrected chi connectivity index (χ0v) is 12.7. The Kier molecular flexibility index (Phi) is 6.02. The largest absolute Gasteiger partial charge is 0.493 e. The molecule has 6 heteroatoms. The Morgan fingerprint density at radius 3 is 2.33 bits per heavy atom. The quantitative estimate of drug-likeness (QED) is 0.795. The Balaban J connectivity index is 2.72. The molecule has 116 valence electrons. The molecule has 1 amide bonds. The molecule has 0 saturated carbocycles. The second-order valence-electron chi connectivity index (χ2n) is 4.86. The predicted octanol–water partition coefficient (Wildman–Crippen LogP) is 1.47. The summed E-state index contributed by atoms with van der Waals surface area (Å²) < 4.78 is 10.4. The molecule has 1 unspecified atom stereocenters. The van der Waals surface area contributed by atoms with Gasteiger partial charge in [-0.25, -0.2) is 0 Å². The van der Waals surface area contributed by atoms with Crippen molar-refractivity contribution in [3.05, 3.63) is 23.8 Å². The Hall–Kier alpha value is -2.24. The average Bonchev–Trinajstić information content (AvgIpc) is 2.46. The SMILES string of the molecule is COc1ccc(CC(C)C(=O)N[C@H](C)C(=O)O)cc1OC. The summed E-state index contributed by atoms with van der Waals surface area (Å²) in [6.07, 6.45) is 0.485. The fraction of sp³-hybridized carbons (Fsp3) is 0.467. The molecule has 1 aromatic carbocycles. The molecule has 0 aliphatic rings. The Bertz CT molecular complexity index is 515. The lowest BCUT2D eigenvalue weighted by atomic mass is 9.99. The lowest BCUT2D eigenvalue weighted by Gasteiger charge is -2.15. The molecule has 6 nitrogen and oxygen atoms in total. The molecule has 1 rings (SSSR count). The van der Waals surface area contributed by atoms with Crippen LogP contribution in [0.3, 0.4) is 0 Å². The van der Waals surface area contributed by atoms with Crippen molar-refractivity contribution in [2.75, 3.05) is 14.2 Å². The highest BCUT2D eigenvalue weighted by Gasteiger charge is 2.19. The summed E-state index contributed by atoms with van der Waals surface area (Å²) in [7, 11) is 3.10. The number of ether oxygens (including phenoxy) is 2. The van der Waals surface area contributed by atoms with Crippen molar-refractivity contribution in [2.24, 2.45) is 5.92 Å². The van der Waals surface area contributed by atoms with Crippen molar-refractivity contribution < 1.29 is 24.2 Å². The van der Waals surface area contributed by atoms with Gasteiger partial charge in [0.2, 0.25) is 5.91 Å². The topological polar surface area (TPSA) is 84.9 Å². The minimum atomic E-state index is -1.05. The van der Waals surface area contributed by atoms with Crippen LogP contribution in [-0.2, 0) is 16.0 Å². The maximum absolute atomic E-state index is 11.9. The average molecular weight is 295 g/mol. The first-order valence-corrected chi connectivity index (χ1v) is 6.63. The van der Waals surface area contributed by atoms with Crippen LogP contribution in [0.2, 0.25) is 0 Å². The van der Waals surface area contributed by atoms with E-state index in [-0.39, 0.29) is 11.8 Å². The van der Waals surface area contributed by atoms with E-state index in [2.05, 4.69) is 5.32 Å². The number of nitrogens with one attached hydrogen (secondary N) is 1. The van der Waals surface area contributed by atoms with Gasteiger partial charge >= 0.3 is 5.97 Å². The highest BCUT2D eigenvalue weighted by atomic mass is 16.5. The van der Waals surface area contributed by atoms with Crippen LogP contribution in [0.15, 0.2) is 18.2 Å². The molecule has 0 saturated heterocycles. The van der Waals surface area contributed by atoms with Crippen LogP contribution >= 0.6 is 0 Å². The maximum Gasteiger partial charge on any atom is 0.325 e. The molecule has 0 aliphatic carbocycles. The van der Waals surface area contributed by atoms with Crippen molar-refractivity contribution >= 4 is 11.9 Å². The normalized spacial score (nSPS) is 13.1. The monoisotopic (exact) mass is 295 g/mol. The van der Waals surface area contributed by atoms with Crippen LogP contribution in [-0.4, -0.2) is 37.2 Å². The molecule has 0 radical (unpaired) electrons. The number of amides is 1. The van der Waals surface area contributed by atoms with Gasteiger partial charge in [0.1, 0.15) is 6.04 Å². The van der Waals surface area contributed by atoms with Crippen molar-refractivity contribution in [2.45, 2.75) is 26.3 Å². The molecule has 21 heavy (non-hydrogen) atoms. The van der Waals surface area contributed by atoms with Gasteiger partial charge < -0.3 is 19.9 Å². The lowest BCUT2D eigenvalue weighted by molar-refractivity contribution is -0.141. The van der Waals surface area contributed by atoms with Crippen LogP contribution in [0, 0.1) is 5.92 Å². The van der Waals surface area contributed by atoms with Crippen LogP contribution in [0.1, 0.15) is 19.4 Å². The first-order valence-electron chi connectivity index (χ1n) is 6.63. The van der Waals surface area contributed by atoms with Crippen molar-refractivity contribution in [1.82, 2.24) is 5.32 Å². The second-order valence-corrected chi connectivity index (χ2v) is 4.86. The summed E-state index contributed by atoms with van der Waals surface area (Å²) in [6.45, 7) is 3.18. The first-order chi connectivity index (χ1) is 9.88. The third kappa shape index (κ3) is 4.66. The summed E-state index contributed by atoms with van der Waals surface area (Å²) >= 11 is 0. The lowest BCUT2D eigenvalue weighted by Crippen LogP contribution is -2.41. The summed E-state index contributed by atoms with van der Waals surface area (Å²) in [5.74, 6) is -0.467. The Labute approximate surface area is 124 Å². The van der Waals surface area contributed by atoms with Gasteiger partial charge in [0.05, 0.1) is 14.2 Å². The minimum absolute atomic E-state index is 0.292. The minimum Gasteiger partial charge on any atom is -0.493 e. The van der Waals surface area contributed by atoms with E-state index in [1.165, 1.54) is 6.92 Å². The molecule has 2 N–H and O–H groups in total. The summed E-state index contributed by atoms with van der Waals surface area (Å²) in [5.41, 5.74) is 0.915. The third-order valence-electron chi connectivity index (χ3n) is 3.17. The van der Waals surface area contributed by atoms with Gasteiger partial charge in [0, 0.05) is 5.92 Å². The van der Waals surface area contributed by atoms with Crippen molar-refractivity contribution in [3.63, 3.8) is 0 Å². The molecule has 0 bridgehead atoms. The third-order valence-corrected chi connectivity index (χ3v) is 3.17. The molecule has 0 fully saturated rings. The van der Waals surface area contributed by atoms with Crippen molar-refractivity contribution in [1.29, 1.82) is 0 Å². The summed E-state index contributed by atoms with van der Waals surface area (Å²) in [5, 5.41) is 11.2. The summed E-state index contributed by atoms with van der Waals surface area (Å²) in [6, 6.07) is 4.54. The molecule has 0 aliphatic heterocycles. The smallest absolute Gasteiger partial charge is 0.325 e. The zero-order chi connectivity index (χ0) is 16.0. The van der Waals surface area contributed by atoms with E-state index < -0.39 is 12.0 Å². The molecular weight excluding hydrogens is 274 g/mol. The second kappa shape index (κ2) is 7.52. The van der Waals surface area contributed by atoms with Crippen LogP contribution in [0.25, 0.3) is 0 Å². The van der Waals surface area contributed by atoms with Crippen LogP contribution < -0.4 is 14.8 Å². The molecule has 0 aromatic heterocycles. The zero-order valence-electron chi connectivity index (χ0n) is 12.7. The number of hydrogen-bond donors (Lipinski definition) is 2. The number of carboxylic acids is 1. The fourth-order valence-electron chi connectivity index (χ4n) is 1.87. The van der Waals surface area contributed by atoms with Gasteiger partial charge in [-0.15, -0.1) is 0 Å².